The maximum Gasteiger partial charge on any atom is 0.201 e. The van der Waals surface area contributed by atoms with Crippen LogP contribution in [0.15, 0.2) is 29.8 Å². The molecule has 0 saturated carbocycles. The van der Waals surface area contributed by atoms with E-state index in [4.69, 9.17) is 4.74 Å². The summed E-state index contributed by atoms with van der Waals surface area (Å²) in [6.07, 6.45) is 5.60. The van der Waals surface area contributed by atoms with Gasteiger partial charge in [-0.25, -0.2) is 8.78 Å². The standard InChI is InChI=1S/C22H19F3O/c1-3-4-14-5-11-18-17(13-14)9-8-15(20(18)23)6-7-16-10-12-19(26-2)22(25)21(16)24/h8-10,12-13H,3-5,11H2,1-2H3. The van der Waals surface area contributed by atoms with Crippen molar-refractivity contribution in [2.75, 3.05) is 7.11 Å². The monoisotopic (exact) mass is 356 g/mol. The van der Waals surface area contributed by atoms with Gasteiger partial charge in [0.15, 0.2) is 11.6 Å². The van der Waals surface area contributed by atoms with Gasteiger partial charge in [0.05, 0.1) is 18.2 Å². The number of fused-ring (bicyclic) bond motifs is 1. The molecule has 1 nitrogen and oxygen atoms in total. The van der Waals surface area contributed by atoms with Crippen molar-refractivity contribution in [1.29, 1.82) is 0 Å². The van der Waals surface area contributed by atoms with Gasteiger partial charge in [0.1, 0.15) is 5.82 Å². The fourth-order valence-corrected chi connectivity index (χ4v) is 3.14. The van der Waals surface area contributed by atoms with Gasteiger partial charge in [-0.05, 0) is 48.6 Å². The SMILES string of the molecule is CCCC1=Cc2ccc(C#Cc3ccc(OC)c(F)c3F)c(F)c2CC1. The molecule has 0 saturated heterocycles. The molecular formula is C22H19F3O. The largest absolute Gasteiger partial charge is 0.494 e. The zero-order chi connectivity index (χ0) is 18.7. The van der Waals surface area contributed by atoms with Gasteiger partial charge >= 0.3 is 0 Å². The van der Waals surface area contributed by atoms with Crippen molar-refractivity contribution in [2.24, 2.45) is 0 Å². The molecule has 3 rings (SSSR count). The van der Waals surface area contributed by atoms with Crippen molar-refractivity contribution in [3.05, 3.63) is 69.5 Å². The molecule has 0 aliphatic heterocycles. The lowest BCUT2D eigenvalue weighted by atomic mass is 9.88. The lowest BCUT2D eigenvalue weighted by Crippen LogP contribution is -2.04. The molecule has 26 heavy (non-hydrogen) atoms. The molecule has 0 fully saturated rings. The molecule has 0 unspecified atom stereocenters. The van der Waals surface area contributed by atoms with E-state index in [2.05, 4.69) is 18.8 Å². The molecule has 0 radical (unpaired) electrons. The van der Waals surface area contributed by atoms with Crippen LogP contribution in [0.3, 0.4) is 0 Å². The van der Waals surface area contributed by atoms with Gasteiger partial charge in [0.25, 0.3) is 0 Å². The average molecular weight is 356 g/mol. The van der Waals surface area contributed by atoms with Crippen molar-refractivity contribution < 1.29 is 17.9 Å². The Labute approximate surface area is 151 Å². The van der Waals surface area contributed by atoms with E-state index in [1.54, 1.807) is 6.07 Å². The Morgan fingerprint density at radius 3 is 2.31 bits per heavy atom. The molecule has 0 heterocycles. The lowest BCUT2D eigenvalue weighted by molar-refractivity contribution is 0.371. The quantitative estimate of drug-likeness (QED) is 0.647. The van der Waals surface area contributed by atoms with Crippen LogP contribution in [-0.4, -0.2) is 7.11 Å². The van der Waals surface area contributed by atoms with E-state index in [-0.39, 0.29) is 22.7 Å². The fraction of sp³-hybridized carbons (Fsp3) is 0.273. The predicted octanol–water partition coefficient (Wildman–Crippen LogP) is 5.64. The summed E-state index contributed by atoms with van der Waals surface area (Å²) in [7, 11) is 1.26. The van der Waals surface area contributed by atoms with Gasteiger partial charge in [0, 0.05) is 0 Å². The van der Waals surface area contributed by atoms with Gasteiger partial charge in [-0.15, -0.1) is 0 Å². The number of allylic oxidation sites excluding steroid dienone is 1. The van der Waals surface area contributed by atoms with Crippen molar-refractivity contribution >= 4 is 6.08 Å². The highest BCUT2D eigenvalue weighted by Crippen LogP contribution is 2.29. The third kappa shape index (κ3) is 3.48. The number of hydrogen-bond acceptors (Lipinski definition) is 1. The van der Waals surface area contributed by atoms with E-state index in [0.29, 0.717) is 12.0 Å². The Morgan fingerprint density at radius 1 is 0.923 bits per heavy atom. The van der Waals surface area contributed by atoms with Gasteiger partial charge in [-0.3, -0.25) is 0 Å². The zero-order valence-electron chi connectivity index (χ0n) is 14.8. The van der Waals surface area contributed by atoms with Crippen LogP contribution in [0.4, 0.5) is 13.2 Å². The Hall–Kier alpha value is -2.67. The molecule has 2 aromatic carbocycles. The van der Waals surface area contributed by atoms with Gasteiger partial charge in [-0.1, -0.05) is 42.9 Å². The highest BCUT2D eigenvalue weighted by atomic mass is 19.2. The molecule has 0 aromatic heterocycles. The molecular weight excluding hydrogens is 337 g/mol. The minimum Gasteiger partial charge on any atom is -0.494 e. The van der Waals surface area contributed by atoms with E-state index >= 15 is 0 Å². The number of hydrogen-bond donors (Lipinski definition) is 0. The van der Waals surface area contributed by atoms with Gasteiger partial charge < -0.3 is 4.74 Å². The lowest BCUT2D eigenvalue weighted by Gasteiger charge is -2.17. The van der Waals surface area contributed by atoms with Crippen LogP contribution in [-0.2, 0) is 6.42 Å². The molecule has 0 N–H and O–H groups in total. The van der Waals surface area contributed by atoms with Gasteiger partial charge in [0.2, 0.25) is 5.82 Å². The highest BCUT2D eigenvalue weighted by molar-refractivity contribution is 5.62. The minimum absolute atomic E-state index is 0.134. The van der Waals surface area contributed by atoms with Crippen LogP contribution < -0.4 is 4.74 Å². The molecule has 0 bridgehead atoms. The molecule has 4 heteroatoms. The second-order valence-electron chi connectivity index (χ2n) is 6.24. The maximum atomic E-state index is 14.7. The second-order valence-corrected chi connectivity index (χ2v) is 6.24. The first-order valence-electron chi connectivity index (χ1n) is 8.60. The van der Waals surface area contributed by atoms with Crippen LogP contribution in [0.1, 0.15) is 48.4 Å². The normalized spacial score (nSPS) is 12.7. The van der Waals surface area contributed by atoms with E-state index in [1.165, 1.54) is 24.8 Å². The number of rotatable bonds is 3. The third-order valence-electron chi connectivity index (χ3n) is 4.50. The average Bonchev–Trinajstić information content (AvgIpc) is 2.64. The van der Waals surface area contributed by atoms with Crippen LogP contribution in [0.25, 0.3) is 6.08 Å². The summed E-state index contributed by atoms with van der Waals surface area (Å²) in [5.41, 5.74) is 2.90. The van der Waals surface area contributed by atoms with Crippen LogP contribution in [0, 0.1) is 29.3 Å². The number of ether oxygens (including phenoxy) is 1. The first-order valence-corrected chi connectivity index (χ1v) is 8.60. The summed E-state index contributed by atoms with van der Waals surface area (Å²) < 4.78 is 47.2. The Morgan fingerprint density at radius 2 is 1.62 bits per heavy atom. The number of halogens is 3. The second kappa shape index (κ2) is 7.70. The van der Waals surface area contributed by atoms with E-state index in [1.807, 2.05) is 12.1 Å². The maximum absolute atomic E-state index is 14.7. The van der Waals surface area contributed by atoms with Gasteiger partial charge in [-0.2, -0.15) is 4.39 Å². The Bertz CT molecular complexity index is 933. The van der Waals surface area contributed by atoms with E-state index in [0.717, 1.165) is 24.8 Å². The Balaban J connectivity index is 1.94. The zero-order valence-corrected chi connectivity index (χ0v) is 14.8. The predicted molar refractivity (Wildman–Crippen MR) is 96.5 cm³/mol. The summed E-state index contributed by atoms with van der Waals surface area (Å²) in [6, 6.07) is 6.04. The minimum atomic E-state index is -1.10. The topological polar surface area (TPSA) is 9.23 Å². The van der Waals surface area contributed by atoms with E-state index in [9.17, 15) is 13.2 Å². The van der Waals surface area contributed by atoms with Crippen LogP contribution in [0.2, 0.25) is 0 Å². The van der Waals surface area contributed by atoms with E-state index < -0.39 is 11.6 Å². The summed E-state index contributed by atoms with van der Waals surface area (Å²) in [6.45, 7) is 2.12. The van der Waals surface area contributed by atoms with Crippen molar-refractivity contribution in [3.63, 3.8) is 0 Å². The molecule has 0 amide bonds. The summed E-state index contributed by atoms with van der Waals surface area (Å²) in [4.78, 5) is 0. The Kier molecular flexibility index (Phi) is 5.37. The van der Waals surface area contributed by atoms with Crippen LogP contribution in [0.5, 0.6) is 5.75 Å². The third-order valence-corrected chi connectivity index (χ3v) is 4.50. The summed E-state index contributed by atoms with van der Waals surface area (Å²) >= 11 is 0. The molecule has 134 valence electrons. The molecule has 0 spiro atoms. The number of methoxy groups -OCH3 is 1. The molecule has 0 atom stereocenters. The first-order chi connectivity index (χ1) is 12.5. The smallest absolute Gasteiger partial charge is 0.201 e. The molecule has 2 aromatic rings. The van der Waals surface area contributed by atoms with Crippen LogP contribution >= 0.6 is 0 Å². The summed E-state index contributed by atoms with van der Waals surface area (Å²) in [5.74, 6) is 2.39. The first kappa shape index (κ1) is 18.1. The van der Waals surface area contributed by atoms with Crippen molar-refractivity contribution in [2.45, 2.75) is 32.6 Å². The van der Waals surface area contributed by atoms with Crippen molar-refractivity contribution in [1.82, 2.24) is 0 Å². The fourth-order valence-electron chi connectivity index (χ4n) is 3.14. The summed E-state index contributed by atoms with van der Waals surface area (Å²) in [5, 5.41) is 0. The molecule has 1 aliphatic rings. The number of benzene rings is 2. The highest BCUT2D eigenvalue weighted by Gasteiger charge is 2.17. The van der Waals surface area contributed by atoms with Crippen molar-refractivity contribution in [3.8, 4) is 17.6 Å². The molecule has 1 aliphatic carbocycles.